The molecule has 0 aliphatic carbocycles. The number of likely N-dealkylation sites (tertiary alicyclic amines) is 1. The predicted molar refractivity (Wildman–Crippen MR) is 87.3 cm³/mol. The predicted octanol–water partition coefficient (Wildman–Crippen LogP) is 3.02. The van der Waals surface area contributed by atoms with Crippen LogP contribution in [0.4, 0.5) is 0 Å². The van der Waals surface area contributed by atoms with E-state index >= 15 is 0 Å². The quantitative estimate of drug-likeness (QED) is 0.948. The van der Waals surface area contributed by atoms with Crippen LogP contribution in [0.1, 0.15) is 28.3 Å². The number of carbonyl (C=O) groups excluding carboxylic acids is 1. The van der Waals surface area contributed by atoms with E-state index in [-0.39, 0.29) is 18.4 Å². The number of rotatable bonds is 3. The minimum absolute atomic E-state index is 0.0544. The summed E-state index contributed by atoms with van der Waals surface area (Å²) in [4.78, 5) is 25.9. The van der Waals surface area contributed by atoms with Gasteiger partial charge in [-0.15, -0.1) is 0 Å². The Kier molecular flexibility index (Phi) is 4.42. The summed E-state index contributed by atoms with van der Waals surface area (Å²) in [5, 5.41) is 9.44. The molecule has 0 aromatic heterocycles. The molecule has 1 saturated heterocycles. The summed E-state index contributed by atoms with van der Waals surface area (Å²) in [6.07, 6.45) is 0.567. The summed E-state index contributed by atoms with van der Waals surface area (Å²) in [6, 6.07) is 18.9. The second-order valence-corrected chi connectivity index (χ2v) is 5.95. The zero-order valence-electron chi connectivity index (χ0n) is 12.8. The molecule has 1 aliphatic rings. The van der Waals surface area contributed by atoms with Crippen LogP contribution >= 0.6 is 0 Å². The Morgan fingerprint density at radius 3 is 2.13 bits per heavy atom. The van der Waals surface area contributed by atoms with Crippen molar-refractivity contribution >= 4 is 11.9 Å². The first-order valence-corrected chi connectivity index (χ1v) is 7.77. The number of piperidine rings is 1. The second kappa shape index (κ2) is 6.65. The third kappa shape index (κ3) is 3.42. The molecular formula is C19H19NO3. The van der Waals surface area contributed by atoms with Crippen LogP contribution in [0, 0.1) is 5.92 Å². The molecule has 0 bridgehead atoms. The average Bonchev–Trinajstić information content (AvgIpc) is 2.62. The fourth-order valence-corrected chi connectivity index (χ4v) is 3.17. The number of nitrogens with zero attached hydrogens (tertiary/aromatic N) is 1. The van der Waals surface area contributed by atoms with Crippen molar-refractivity contribution in [1.82, 2.24) is 4.90 Å². The van der Waals surface area contributed by atoms with Crippen molar-refractivity contribution in [3.63, 3.8) is 0 Å². The van der Waals surface area contributed by atoms with Crippen molar-refractivity contribution in [1.29, 1.82) is 0 Å². The lowest BCUT2D eigenvalue weighted by Crippen LogP contribution is -2.45. The van der Waals surface area contributed by atoms with Crippen LogP contribution in [-0.2, 0) is 4.79 Å². The van der Waals surface area contributed by atoms with E-state index in [1.165, 1.54) is 0 Å². The zero-order valence-corrected chi connectivity index (χ0v) is 12.8. The molecular weight excluding hydrogens is 290 g/mol. The first-order valence-electron chi connectivity index (χ1n) is 7.77. The van der Waals surface area contributed by atoms with Gasteiger partial charge in [-0.3, -0.25) is 9.59 Å². The number of amides is 1. The number of carboxylic acid groups (broad SMARTS) is 1. The molecule has 0 spiro atoms. The Morgan fingerprint density at radius 1 is 0.913 bits per heavy atom. The first-order chi connectivity index (χ1) is 11.1. The number of hydrogen-bond acceptors (Lipinski definition) is 2. The fourth-order valence-electron chi connectivity index (χ4n) is 3.17. The molecule has 0 radical (unpaired) electrons. The van der Waals surface area contributed by atoms with Crippen molar-refractivity contribution in [3.05, 3.63) is 71.8 Å². The van der Waals surface area contributed by atoms with Crippen molar-refractivity contribution < 1.29 is 14.7 Å². The van der Waals surface area contributed by atoms with Gasteiger partial charge in [0, 0.05) is 24.6 Å². The number of aliphatic carboxylic acids is 1. The van der Waals surface area contributed by atoms with Gasteiger partial charge in [0.25, 0.3) is 5.91 Å². The van der Waals surface area contributed by atoms with Crippen molar-refractivity contribution in [2.24, 2.45) is 5.92 Å². The molecule has 4 nitrogen and oxygen atoms in total. The van der Waals surface area contributed by atoms with Crippen LogP contribution in [-0.4, -0.2) is 35.0 Å². The van der Waals surface area contributed by atoms with Crippen molar-refractivity contribution in [3.8, 4) is 0 Å². The zero-order chi connectivity index (χ0) is 16.2. The maximum absolute atomic E-state index is 12.7. The lowest BCUT2D eigenvalue weighted by molar-refractivity contribution is -0.143. The average molecular weight is 309 g/mol. The Labute approximate surface area is 135 Å². The highest BCUT2D eigenvalue weighted by atomic mass is 16.4. The normalized spacial score (nSPS) is 21.0. The van der Waals surface area contributed by atoms with Crippen molar-refractivity contribution in [2.45, 2.75) is 12.3 Å². The summed E-state index contributed by atoms with van der Waals surface area (Å²) in [5.41, 5.74) is 1.69. The Hall–Kier alpha value is -2.62. The van der Waals surface area contributed by atoms with Crippen LogP contribution in [0.25, 0.3) is 0 Å². The minimum atomic E-state index is -0.837. The third-order valence-electron chi connectivity index (χ3n) is 4.38. The molecule has 2 unspecified atom stereocenters. The molecule has 4 heteroatoms. The number of hydrogen-bond donors (Lipinski definition) is 1. The van der Waals surface area contributed by atoms with E-state index in [2.05, 4.69) is 0 Å². The summed E-state index contributed by atoms with van der Waals surface area (Å²) in [7, 11) is 0. The molecule has 23 heavy (non-hydrogen) atoms. The highest BCUT2D eigenvalue weighted by molar-refractivity contribution is 5.94. The number of carboxylic acids is 1. The molecule has 1 heterocycles. The standard InChI is InChI=1S/C19H19NO3/c21-18(15-9-5-2-6-10-15)20-12-16(11-17(13-20)19(22)23)14-7-3-1-4-8-14/h1-10,16-17H,11-13H2,(H,22,23). The van der Waals surface area contributed by atoms with E-state index in [1.54, 1.807) is 17.0 Å². The van der Waals surface area contributed by atoms with Gasteiger partial charge in [0.1, 0.15) is 0 Å². The maximum Gasteiger partial charge on any atom is 0.308 e. The van der Waals surface area contributed by atoms with Gasteiger partial charge < -0.3 is 10.0 Å². The molecule has 0 saturated carbocycles. The summed E-state index contributed by atoms with van der Waals surface area (Å²) in [6.45, 7) is 0.827. The number of carbonyl (C=O) groups is 2. The molecule has 2 atom stereocenters. The van der Waals surface area contributed by atoms with E-state index in [0.29, 0.717) is 18.5 Å². The third-order valence-corrected chi connectivity index (χ3v) is 4.38. The Balaban J connectivity index is 1.85. The molecule has 3 rings (SSSR count). The largest absolute Gasteiger partial charge is 0.481 e. The van der Waals surface area contributed by atoms with Gasteiger partial charge in [-0.25, -0.2) is 0 Å². The summed E-state index contributed by atoms with van der Waals surface area (Å²) >= 11 is 0. The highest BCUT2D eigenvalue weighted by Crippen LogP contribution is 2.31. The lowest BCUT2D eigenvalue weighted by atomic mass is 9.84. The minimum Gasteiger partial charge on any atom is -0.481 e. The molecule has 1 amide bonds. The van der Waals surface area contributed by atoms with Gasteiger partial charge in [0.2, 0.25) is 0 Å². The summed E-state index contributed by atoms with van der Waals surface area (Å²) < 4.78 is 0. The fraction of sp³-hybridized carbons (Fsp3) is 0.263. The smallest absolute Gasteiger partial charge is 0.308 e. The van der Waals surface area contributed by atoms with Crippen LogP contribution in [0.5, 0.6) is 0 Å². The SMILES string of the molecule is O=C(O)C1CC(c2ccccc2)CN(C(=O)c2ccccc2)C1. The molecule has 1 fully saturated rings. The molecule has 118 valence electrons. The van der Waals surface area contributed by atoms with Gasteiger partial charge >= 0.3 is 5.97 Å². The summed E-state index contributed by atoms with van der Waals surface area (Å²) in [5.74, 6) is -1.41. The van der Waals surface area contributed by atoms with Crippen LogP contribution < -0.4 is 0 Å². The highest BCUT2D eigenvalue weighted by Gasteiger charge is 2.34. The van der Waals surface area contributed by atoms with E-state index < -0.39 is 11.9 Å². The van der Waals surface area contributed by atoms with Crippen LogP contribution in [0.3, 0.4) is 0 Å². The van der Waals surface area contributed by atoms with Gasteiger partial charge in [0.05, 0.1) is 5.92 Å². The second-order valence-electron chi connectivity index (χ2n) is 5.95. The van der Waals surface area contributed by atoms with E-state index in [4.69, 9.17) is 0 Å². The van der Waals surface area contributed by atoms with Gasteiger partial charge in [-0.2, -0.15) is 0 Å². The van der Waals surface area contributed by atoms with Gasteiger partial charge in [-0.1, -0.05) is 48.5 Å². The van der Waals surface area contributed by atoms with E-state index in [1.807, 2.05) is 48.5 Å². The Bertz CT molecular complexity index is 684. The van der Waals surface area contributed by atoms with Crippen LogP contribution in [0.2, 0.25) is 0 Å². The Morgan fingerprint density at radius 2 is 1.52 bits per heavy atom. The maximum atomic E-state index is 12.7. The number of benzene rings is 2. The van der Waals surface area contributed by atoms with Crippen LogP contribution in [0.15, 0.2) is 60.7 Å². The van der Waals surface area contributed by atoms with Crippen molar-refractivity contribution in [2.75, 3.05) is 13.1 Å². The van der Waals surface area contributed by atoms with E-state index in [0.717, 1.165) is 5.56 Å². The van der Waals surface area contributed by atoms with E-state index in [9.17, 15) is 14.7 Å². The molecule has 2 aromatic carbocycles. The molecule has 1 N–H and O–H groups in total. The first kappa shape index (κ1) is 15.3. The van der Waals surface area contributed by atoms with Gasteiger partial charge in [-0.05, 0) is 24.1 Å². The van der Waals surface area contributed by atoms with Gasteiger partial charge in [0.15, 0.2) is 0 Å². The topological polar surface area (TPSA) is 57.6 Å². The monoisotopic (exact) mass is 309 g/mol. The lowest BCUT2D eigenvalue weighted by Gasteiger charge is -2.36. The molecule has 1 aliphatic heterocycles. The molecule has 2 aromatic rings.